The van der Waals surface area contributed by atoms with E-state index in [0.717, 1.165) is 38.4 Å². The van der Waals surface area contributed by atoms with Gasteiger partial charge in [-0.15, -0.1) is 0 Å². The van der Waals surface area contributed by atoms with Gasteiger partial charge in [0.2, 0.25) is 0 Å². The van der Waals surface area contributed by atoms with Crippen molar-refractivity contribution in [3.05, 3.63) is 0 Å². The summed E-state index contributed by atoms with van der Waals surface area (Å²) in [7, 11) is 1.75. The lowest BCUT2D eigenvalue weighted by atomic mass is 9.90. The fourth-order valence-corrected chi connectivity index (χ4v) is 3.43. The summed E-state index contributed by atoms with van der Waals surface area (Å²) in [5, 5.41) is 0. The van der Waals surface area contributed by atoms with Crippen LogP contribution in [0.5, 0.6) is 0 Å². The number of methoxy groups -OCH3 is 1. The highest BCUT2D eigenvalue weighted by molar-refractivity contribution is 5.81. The van der Waals surface area contributed by atoms with Gasteiger partial charge in [-0.3, -0.25) is 4.79 Å². The van der Waals surface area contributed by atoms with Crippen molar-refractivity contribution in [3.8, 4) is 0 Å². The number of hydrogen-bond acceptors (Lipinski definition) is 3. The number of hydrogen-bond donors (Lipinski definition) is 0. The van der Waals surface area contributed by atoms with E-state index in [9.17, 15) is 9.59 Å². The first-order valence-corrected chi connectivity index (χ1v) is 10.9. The maximum atomic E-state index is 12.3. The molecule has 0 aliphatic rings. The zero-order valence-electron chi connectivity index (χ0n) is 18.1. The second-order valence-electron chi connectivity index (χ2n) is 8.71. The molecule has 0 amide bonds. The standard InChI is InChI=1S/C23H44O3/c1-6-7-8-9-10-11-12-15-21(19-24)18-22(25)17-20(2)14-13-16-23(3,4)26-5/h19-21H,6-18H2,1-5H3. The SMILES string of the molecule is CCCCCCCCCC(C=O)CC(=O)CC(C)CCCC(C)(C)OC. The summed E-state index contributed by atoms with van der Waals surface area (Å²) in [6, 6.07) is 0. The number of aldehydes is 1. The molecule has 26 heavy (non-hydrogen) atoms. The van der Waals surface area contributed by atoms with Crippen LogP contribution in [0, 0.1) is 11.8 Å². The molecule has 3 heteroatoms. The zero-order chi connectivity index (χ0) is 19.8. The molecule has 0 bridgehead atoms. The number of unbranched alkanes of at least 4 members (excludes halogenated alkanes) is 6. The van der Waals surface area contributed by atoms with Crippen LogP contribution in [-0.2, 0) is 14.3 Å². The molecule has 0 radical (unpaired) electrons. The summed E-state index contributed by atoms with van der Waals surface area (Å²) in [5.74, 6) is 0.572. The van der Waals surface area contributed by atoms with Crippen molar-refractivity contribution < 1.29 is 14.3 Å². The smallest absolute Gasteiger partial charge is 0.133 e. The Morgan fingerprint density at radius 1 is 0.962 bits per heavy atom. The third kappa shape index (κ3) is 14.5. The zero-order valence-corrected chi connectivity index (χ0v) is 18.1. The highest BCUT2D eigenvalue weighted by atomic mass is 16.5. The van der Waals surface area contributed by atoms with E-state index in [1.54, 1.807) is 7.11 Å². The topological polar surface area (TPSA) is 43.4 Å². The van der Waals surface area contributed by atoms with Gasteiger partial charge in [-0.05, 0) is 32.6 Å². The van der Waals surface area contributed by atoms with Crippen molar-refractivity contribution in [2.75, 3.05) is 7.11 Å². The van der Waals surface area contributed by atoms with E-state index in [-0.39, 0.29) is 17.3 Å². The van der Waals surface area contributed by atoms with Crippen LogP contribution in [0.2, 0.25) is 0 Å². The number of ether oxygens (including phenoxy) is 1. The highest BCUT2D eigenvalue weighted by Gasteiger charge is 2.18. The van der Waals surface area contributed by atoms with Gasteiger partial charge in [0.15, 0.2) is 0 Å². The van der Waals surface area contributed by atoms with Gasteiger partial charge in [-0.25, -0.2) is 0 Å². The Kier molecular flexibility index (Phi) is 15.0. The lowest BCUT2D eigenvalue weighted by Gasteiger charge is -2.23. The Morgan fingerprint density at radius 2 is 1.58 bits per heavy atom. The van der Waals surface area contributed by atoms with Crippen molar-refractivity contribution in [3.63, 3.8) is 0 Å². The average Bonchev–Trinajstić information content (AvgIpc) is 2.59. The summed E-state index contributed by atoms with van der Waals surface area (Å²) >= 11 is 0. The summed E-state index contributed by atoms with van der Waals surface area (Å²) < 4.78 is 5.44. The van der Waals surface area contributed by atoms with E-state index in [4.69, 9.17) is 4.74 Å². The van der Waals surface area contributed by atoms with Gasteiger partial charge in [0.25, 0.3) is 0 Å². The molecule has 0 aliphatic heterocycles. The van der Waals surface area contributed by atoms with Crippen LogP contribution in [0.1, 0.15) is 111 Å². The molecular weight excluding hydrogens is 324 g/mol. The molecule has 0 heterocycles. The van der Waals surface area contributed by atoms with Crippen LogP contribution >= 0.6 is 0 Å². The molecule has 2 unspecified atom stereocenters. The predicted octanol–water partition coefficient (Wildman–Crippen LogP) is 6.52. The first-order chi connectivity index (χ1) is 12.3. The molecule has 0 saturated heterocycles. The third-order valence-corrected chi connectivity index (χ3v) is 5.47. The molecule has 2 atom stereocenters. The lowest BCUT2D eigenvalue weighted by Crippen LogP contribution is -2.22. The molecule has 0 N–H and O–H groups in total. The Morgan fingerprint density at radius 3 is 2.15 bits per heavy atom. The van der Waals surface area contributed by atoms with Crippen LogP contribution in [-0.4, -0.2) is 24.8 Å². The average molecular weight is 369 g/mol. The lowest BCUT2D eigenvalue weighted by molar-refractivity contribution is -0.123. The maximum absolute atomic E-state index is 12.3. The third-order valence-electron chi connectivity index (χ3n) is 5.47. The fourth-order valence-electron chi connectivity index (χ4n) is 3.43. The van der Waals surface area contributed by atoms with Gasteiger partial charge in [0.05, 0.1) is 5.60 Å². The molecule has 0 aromatic carbocycles. The summed E-state index contributed by atoms with van der Waals surface area (Å²) in [6.45, 7) is 8.57. The Hall–Kier alpha value is -0.700. The second-order valence-corrected chi connectivity index (χ2v) is 8.71. The molecule has 3 nitrogen and oxygen atoms in total. The number of carbonyl (C=O) groups is 2. The molecule has 0 spiro atoms. The number of carbonyl (C=O) groups excluding carboxylic acids is 2. The van der Waals surface area contributed by atoms with Crippen molar-refractivity contribution >= 4 is 12.1 Å². The molecule has 0 aromatic heterocycles. The molecule has 0 saturated carbocycles. The van der Waals surface area contributed by atoms with Crippen molar-refractivity contribution in [1.82, 2.24) is 0 Å². The molecule has 0 fully saturated rings. The highest BCUT2D eigenvalue weighted by Crippen LogP contribution is 2.22. The largest absolute Gasteiger partial charge is 0.379 e. The van der Waals surface area contributed by atoms with E-state index in [0.29, 0.717) is 18.8 Å². The van der Waals surface area contributed by atoms with E-state index >= 15 is 0 Å². The minimum absolute atomic E-state index is 0.0715. The minimum atomic E-state index is -0.0805. The minimum Gasteiger partial charge on any atom is -0.379 e. The normalized spacial score (nSPS) is 14.2. The Bertz CT molecular complexity index is 362. The summed E-state index contributed by atoms with van der Waals surface area (Å²) in [4.78, 5) is 23.5. The quantitative estimate of drug-likeness (QED) is 0.204. The van der Waals surface area contributed by atoms with E-state index in [1.165, 1.54) is 38.5 Å². The first-order valence-electron chi connectivity index (χ1n) is 10.9. The van der Waals surface area contributed by atoms with Crippen molar-refractivity contribution in [2.45, 2.75) is 117 Å². The van der Waals surface area contributed by atoms with E-state index in [1.807, 2.05) is 0 Å². The van der Waals surface area contributed by atoms with Crippen molar-refractivity contribution in [2.24, 2.45) is 11.8 Å². The number of ketones is 1. The van der Waals surface area contributed by atoms with Crippen LogP contribution in [0.4, 0.5) is 0 Å². The summed E-state index contributed by atoms with van der Waals surface area (Å²) in [5.41, 5.74) is -0.0805. The molecule has 154 valence electrons. The molecular formula is C23H44O3. The maximum Gasteiger partial charge on any atom is 0.133 e. The van der Waals surface area contributed by atoms with Gasteiger partial charge in [-0.2, -0.15) is 0 Å². The van der Waals surface area contributed by atoms with Gasteiger partial charge in [0, 0.05) is 25.9 Å². The van der Waals surface area contributed by atoms with Gasteiger partial charge in [-0.1, -0.05) is 71.6 Å². The first kappa shape index (κ1) is 25.3. The van der Waals surface area contributed by atoms with Gasteiger partial charge >= 0.3 is 0 Å². The van der Waals surface area contributed by atoms with Crippen LogP contribution in [0.15, 0.2) is 0 Å². The fraction of sp³-hybridized carbons (Fsp3) is 0.913. The molecule has 0 aliphatic carbocycles. The Balaban J connectivity index is 3.87. The second kappa shape index (κ2) is 15.4. The number of rotatable bonds is 18. The molecule has 0 rings (SSSR count). The van der Waals surface area contributed by atoms with Crippen LogP contribution in [0.3, 0.4) is 0 Å². The molecule has 0 aromatic rings. The van der Waals surface area contributed by atoms with Crippen LogP contribution in [0.25, 0.3) is 0 Å². The van der Waals surface area contributed by atoms with E-state index in [2.05, 4.69) is 27.7 Å². The van der Waals surface area contributed by atoms with Crippen molar-refractivity contribution in [1.29, 1.82) is 0 Å². The van der Waals surface area contributed by atoms with Gasteiger partial charge < -0.3 is 9.53 Å². The van der Waals surface area contributed by atoms with E-state index < -0.39 is 0 Å². The Labute approximate surface area is 162 Å². The predicted molar refractivity (Wildman–Crippen MR) is 111 cm³/mol. The van der Waals surface area contributed by atoms with Crippen LogP contribution < -0.4 is 0 Å². The number of Topliss-reactive ketones (excluding diaryl/α,β-unsaturated/α-hetero) is 1. The summed E-state index contributed by atoms with van der Waals surface area (Å²) in [6.07, 6.45) is 14.8. The monoisotopic (exact) mass is 368 g/mol. The van der Waals surface area contributed by atoms with Gasteiger partial charge in [0.1, 0.15) is 12.1 Å².